The molecule has 0 fully saturated rings. The quantitative estimate of drug-likeness (QED) is 0.613. The number of amides is 1. The summed E-state index contributed by atoms with van der Waals surface area (Å²) in [4.78, 5) is 22.7. The van der Waals surface area contributed by atoms with Crippen molar-refractivity contribution in [3.8, 4) is 0 Å². The zero-order chi connectivity index (χ0) is 21.2. The van der Waals surface area contributed by atoms with Crippen molar-refractivity contribution < 1.29 is 27.1 Å². The monoisotopic (exact) mass is 484 g/mol. The van der Waals surface area contributed by atoms with Crippen molar-refractivity contribution in [3.63, 3.8) is 0 Å². The normalized spacial score (nSPS) is 14.7. The lowest BCUT2D eigenvalue weighted by Gasteiger charge is -2.21. The van der Waals surface area contributed by atoms with Crippen LogP contribution in [0.25, 0.3) is 0 Å². The number of fused-ring (bicyclic) bond motifs is 1. The summed E-state index contributed by atoms with van der Waals surface area (Å²) >= 11 is 3.30. The van der Waals surface area contributed by atoms with Gasteiger partial charge in [-0.2, -0.15) is 0 Å². The van der Waals surface area contributed by atoms with Crippen molar-refractivity contribution in [3.05, 3.63) is 57.8 Å². The lowest BCUT2D eigenvalue weighted by molar-refractivity contribution is -0.141. The molecule has 0 spiro atoms. The molecule has 2 N–H and O–H groups in total. The number of anilines is 1. The molecule has 154 valence electrons. The van der Waals surface area contributed by atoms with Gasteiger partial charge in [0.2, 0.25) is 15.9 Å². The van der Waals surface area contributed by atoms with Crippen molar-refractivity contribution in [1.29, 1.82) is 0 Å². The van der Waals surface area contributed by atoms with E-state index in [2.05, 4.69) is 30.7 Å². The number of benzene rings is 2. The number of carbonyl (C=O) groups excluding carboxylic acids is 2. The predicted molar refractivity (Wildman–Crippen MR) is 107 cm³/mol. The van der Waals surface area contributed by atoms with Gasteiger partial charge in [0.25, 0.3) is 0 Å². The van der Waals surface area contributed by atoms with Crippen molar-refractivity contribution in [1.82, 2.24) is 4.72 Å². The Bertz CT molecular complexity index is 1060. The molecule has 0 radical (unpaired) electrons. The van der Waals surface area contributed by atoms with Crippen molar-refractivity contribution in [2.24, 2.45) is 0 Å². The Hall–Kier alpha value is -2.30. The summed E-state index contributed by atoms with van der Waals surface area (Å²) in [5, 5.41) is 2.53. The summed E-state index contributed by atoms with van der Waals surface area (Å²) in [7, 11) is -3.11. The summed E-state index contributed by atoms with van der Waals surface area (Å²) < 4.78 is 48.2. The third-order valence-corrected chi connectivity index (χ3v) is 6.53. The standard InChI is InChI=1S/C19H18BrFN2O5S/c1-28-19(25)10-16(11-2-5-13(20)6-3-11)23-29(26,27)17-8-12-4-7-18(24)22-15(12)9-14(17)21/h2-3,5-6,8-9,16,23H,4,7,10H2,1H3,(H,22,24). The van der Waals surface area contributed by atoms with Crippen LogP contribution in [0.4, 0.5) is 10.1 Å². The molecule has 1 atom stereocenters. The van der Waals surface area contributed by atoms with Gasteiger partial charge in [-0.15, -0.1) is 0 Å². The average Bonchev–Trinajstić information content (AvgIpc) is 2.67. The van der Waals surface area contributed by atoms with E-state index in [1.807, 2.05) is 0 Å². The number of ether oxygens (including phenoxy) is 1. The molecule has 7 nitrogen and oxygen atoms in total. The van der Waals surface area contributed by atoms with E-state index < -0.39 is 32.7 Å². The van der Waals surface area contributed by atoms with Crippen LogP contribution in [0.15, 0.2) is 45.8 Å². The summed E-state index contributed by atoms with van der Waals surface area (Å²) in [6.45, 7) is 0. The van der Waals surface area contributed by atoms with E-state index >= 15 is 0 Å². The highest BCUT2D eigenvalue weighted by Crippen LogP contribution is 2.29. The zero-order valence-electron chi connectivity index (χ0n) is 15.4. The number of methoxy groups -OCH3 is 1. The fourth-order valence-electron chi connectivity index (χ4n) is 3.01. The number of hydrogen-bond acceptors (Lipinski definition) is 5. The van der Waals surface area contributed by atoms with E-state index in [-0.39, 0.29) is 24.4 Å². The molecular weight excluding hydrogens is 467 g/mol. The number of rotatable bonds is 6. The summed E-state index contributed by atoms with van der Waals surface area (Å²) in [6.07, 6.45) is 0.234. The predicted octanol–water partition coefficient (Wildman–Crippen LogP) is 3.06. The molecule has 1 unspecified atom stereocenters. The van der Waals surface area contributed by atoms with Crippen molar-refractivity contribution >= 4 is 43.5 Å². The average molecular weight is 485 g/mol. The van der Waals surface area contributed by atoms with Crippen LogP contribution in [0.2, 0.25) is 0 Å². The van der Waals surface area contributed by atoms with Gasteiger partial charge >= 0.3 is 5.97 Å². The van der Waals surface area contributed by atoms with Gasteiger partial charge in [-0.25, -0.2) is 17.5 Å². The Morgan fingerprint density at radius 2 is 1.97 bits per heavy atom. The van der Waals surface area contributed by atoms with Crippen LogP contribution in [0.1, 0.15) is 30.0 Å². The first-order valence-electron chi connectivity index (χ1n) is 8.66. The van der Waals surface area contributed by atoms with Crippen LogP contribution in [-0.2, 0) is 30.8 Å². The molecule has 1 aliphatic rings. The first kappa shape index (κ1) is 21.4. The zero-order valence-corrected chi connectivity index (χ0v) is 17.8. The minimum Gasteiger partial charge on any atom is -0.469 e. The largest absolute Gasteiger partial charge is 0.469 e. The van der Waals surface area contributed by atoms with Crippen LogP contribution in [0.3, 0.4) is 0 Å². The van der Waals surface area contributed by atoms with Gasteiger partial charge in [0.05, 0.1) is 19.6 Å². The smallest absolute Gasteiger partial charge is 0.307 e. The second-order valence-corrected chi connectivity index (χ2v) is 9.09. The van der Waals surface area contributed by atoms with Gasteiger partial charge in [-0.05, 0) is 41.8 Å². The number of esters is 1. The number of carbonyl (C=O) groups is 2. The molecule has 2 aromatic carbocycles. The van der Waals surface area contributed by atoms with Crippen molar-refractivity contribution in [2.45, 2.75) is 30.2 Å². The Labute approximate surface area is 175 Å². The van der Waals surface area contributed by atoms with Crippen molar-refractivity contribution in [2.75, 3.05) is 12.4 Å². The summed E-state index contributed by atoms with van der Waals surface area (Å²) in [5.41, 5.74) is 1.31. The fraction of sp³-hybridized carbons (Fsp3) is 0.263. The first-order chi connectivity index (χ1) is 13.7. The van der Waals surface area contributed by atoms with E-state index in [9.17, 15) is 22.4 Å². The van der Waals surface area contributed by atoms with E-state index in [0.717, 1.165) is 10.5 Å². The molecule has 2 aromatic rings. The third kappa shape index (κ3) is 5.01. The van der Waals surface area contributed by atoms with Gasteiger partial charge in [0, 0.05) is 16.6 Å². The van der Waals surface area contributed by atoms with Gasteiger partial charge in [-0.1, -0.05) is 28.1 Å². The van der Waals surface area contributed by atoms with Crippen LogP contribution >= 0.6 is 15.9 Å². The number of nitrogens with one attached hydrogen (secondary N) is 2. The highest BCUT2D eigenvalue weighted by molar-refractivity contribution is 9.10. The second kappa shape index (κ2) is 8.60. The molecule has 3 rings (SSSR count). The van der Waals surface area contributed by atoms with E-state index in [1.165, 1.54) is 13.2 Å². The van der Waals surface area contributed by atoms with Crippen LogP contribution in [0.5, 0.6) is 0 Å². The third-order valence-electron chi connectivity index (χ3n) is 4.51. The molecular formula is C19H18BrFN2O5S. The molecule has 29 heavy (non-hydrogen) atoms. The highest BCUT2D eigenvalue weighted by atomic mass is 79.9. The Morgan fingerprint density at radius 1 is 1.28 bits per heavy atom. The Balaban J connectivity index is 1.95. The maximum Gasteiger partial charge on any atom is 0.307 e. The molecule has 0 aliphatic carbocycles. The van der Waals surface area contributed by atoms with Crippen LogP contribution in [-0.4, -0.2) is 27.4 Å². The number of sulfonamides is 1. The maximum atomic E-state index is 14.6. The second-order valence-electron chi connectivity index (χ2n) is 6.49. The Morgan fingerprint density at radius 3 is 2.62 bits per heavy atom. The number of halogens is 2. The molecule has 1 heterocycles. The van der Waals surface area contributed by atoms with E-state index in [0.29, 0.717) is 17.5 Å². The van der Waals surface area contributed by atoms with Gasteiger partial charge in [-0.3, -0.25) is 9.59 Å². The molecule has 1 aliphatic heterocycles. The topological polar surface area (TPSA) is 102 Å². The molecule has 0 aromatic heterocycles. The van der Waals surface area contributed by atoms with E-state index in [4.69, 9.17) is 0 Å². The molecule has 0 saturated carbocycles. The van der Waals surface area contributed by atoms with Crippen LogP contribution < -0.4 is 10.0 Å². The molecule has 0 saturated heterocycles. The minimum atomic E-state index is -4.31. The minimum absolute atomic E-state index is 0.190. The molecule has 0 bridgehead atoms. The lowest BCUT2D eigenvalue weighted by atomic mass is 10.0. The van der Waals surface area contributed by atoms with Gasteiger partial charge in [0.1, 0.15) is 10.7 Å². The molecule has 10 heteroatoms. The first-order valence-corrected chi connectivity index (χ1v) is 10.9. The van der Waals surface area contributed by atoms with Crippen LogP contribution in [0, 0.1) is 5.82 Å². The number of aryl methyl sites for hydroxylation is 1. The SMILES string of the molecule is COC(=O)CC(NS(=O)(=O)c1cc2c(cc1F)NC(=O)CC2)c1ccc(Br)cc1. The summed E-state index contributed by atoms with van der Waals surface area (Å²) in [6, 6.07) is 7.97. The maximum absolute atomic E-state index is 14.6. The highest BCUT2D eigenvalue weighted by Gasteiger charge is 2.28. The Kier molecular flexibility index (Phi) is 6.35. The molecule has 1 amide bonds. The number of hydrogen-bond donors (Lipinski definition) is 2. The summed E-state index contributed by atoms with van der Waals surface area (Å²) in [5.74, 6) is -1.86. The van der Waals surface area contributed by atoms with Gasteiger partial charge in [0.15, 0.2) is 0 Å². The van der Waals surface area contributed by atoms with Gasteiger partial charge < -0.3 is 10.1 Å². The lowest BCUT2D eigenvalue weighted by Crippen LogP contribution is -2.31. The fourth-order valence-corrected chi connectivity index (χ4v) is 4.61. The van der Waals surface area contributed by atoms with E-state index in [1.54, 1.807) is 24.3 Å².